The highest BCUT2D eigenvalue weighted by Gasteiger charge is 2.27. The van der Waals surface area contributed by atoms with Gasteiger partial charge in [-0.15, -0.1) is 0 Å². The molecule has 14 heavy (non-hydrogen) atoms. The average molecular weight is 208 g/mol. The maximum absolute atomic E-state index is 11.8. The van der Waals surface area contributed by atoms with Crippen molar-refractivity contribution in [1.82, 2.24) is 0 Å². The molecular weight excluding hydrogens is 197 g/mol. The summed E-state index contributed by atoms with van der Waals surface area (Å²) in [5, 5.41) is 9.24. The van der Waals surface area contributed by atoms with Gasteiger partial charge in [0.15, 0.2) is 0 Å². The van der Waals surface area contributed by atoms with Crippen molar-refractivity contribution < 1.29 is 22.7 Å². The van der Waals surface area contributed by atoms with Gasteiger partial charge in [-0.1, -0.05) is 0 Å². The van der Waals surface area contributed by atoms with Crippen LogP contribution in [0.2, 0.25) is 0 Å². The number of hydrogen-bond donors (Lipinski definition) is 1. The van der Waals surface area contributed by atoms with Gasteiger partial charge in [-0.2, -0.15) is 13.2 Å². The van der Waals surface area contributed by atoms with Crippen LogP contribution in [0.4, 0.5) is 13.2 Å². The topological polar surface area (TPSA) is 33.4 Å². The zero-order valence-electron chi connectivity index (χ0n) is 7.42. The molecule has 0 bridgehead atoms. The lowest BCUT2D eigenvalue weighted by Crippen LogP contribution is -2.16. The van der Waals surface area contributed by atoms with Gasteiger partial charge in [-0.25, -0.2) is 0 Å². The van der Waals surface area contributed by atoms with Crippen LogP contribution >= 0.6 is 0 Å². The fourth-order valence-electron chi connectivity index (χ4n) is 1.11. The zero-order valence-corrected chi connectivity index (χ0v) is 7.42. The Labute approximate surface area is 79.3 Å². The molecule has 0 aliphatic heterocycles. The third-order valence-corrected chi connectivity index (χ3v) is 1.81. The van der Waals surface area contributed by atoms with Gasteiger partial charge in [-0.3, -0.25) is 0 Å². The highest BCUT2D eigenvalue weighted by molar-refractivity contribution is 5.06. The number of halogens is 3. The number of alkyl halides is 3. The second kappa shape index (κ2) is 4.50. The third-order valence-electron chi connectivity index (χ3n) is 1.81. The van der Waals surface area contributed by atoms with Crippen LogP contribution in [0.5, 0.6) is 0 Å². The molecule has 0 fully saturated rings. The van der Waals surface area contributed by atoms with Crippen LogP contribution in [-0.2, 0) is 6.42 Å². The van der Waals surface area contributed by atoms with Crippen molar-refractivity contribution in [1.29, 1.82) is 0 Å². The summed E-state index contributed by atoms with van der Waals surface area (Å²) in [6.45, 7) is 0. The highest BCUT2D eigenvalue weighted by Crippen LogP contribution is 2.23. The van der Waals surface area contributed by atoms with Gasteiger partial charge in [0.1, 0.15) is 0 Å². The van der Waals surface area contributed by atoms with E-state index in [2.05, 4.69) is 0 Å². The molecule has 1 N–H and O–H groups in total. The Bertz CT molecular complexity index is 254. The van der Waals surface area contributed by atoms with Gasteiger partial charge >= 0.3 is 6.18 Å². The fourth-order valence-corrected chi connectivity index (χ4v) is 1.11. The second-order valence-electron chi connectivity index (χ2n) is 3.14. The predicted octanol–water partition coefficient (Wildman–Crippen LogP) is 2.53. The van der Waals surface area contributed by atoms with Crippen LogP contribution in [0.3, 0.4) is 0 Å². The molecule has 0 amide bonds. The number of rotatable bonds is 4. The summed E-state index contributed by atoms with van der Waals surface area (Å²) in [6, 6.07) is 1.62. The van der Waals surface area contributed by atoms with E-state index in [0.29, 0.717) is 5.56 Å². The highest BCUT2D eigenvalue weighted by atomic mass is 19.4. The summed E-state index contributed by atoms with van der Waals surface area (Å²) in [4.78, 5) is 0. The Morgan fingerprint density at radius 1 is 1.43 bits per heavy atom. The smallest absolute Gasteiger partial charge is 0.389 e. The average Bonchev–Trinajstić information content (AvgIpc) is 2.52. The van der Waals surface area contributed by atoms with Gasteiger partial charge in [0, 0.05) is 12.8 Å². The minimum atomic E-state index is -4.20. The van der Waals surface area contributed by atoms with Crippen LogP contribution in [0.25, 0.3) is 0 Å². The fraction of sp³-hybridized carbons (Fsp3) is 0.556. The molecule has 0 spiro atoms. The lowest BCUT2D eigenvalue weighted by Gasteiger charge is -2.10. The summed E-state index contributed by atoms with van der Waals surface area (Å²) >= 11 is 0. The Morgan fingerprint density at radius 2 is 2.14 bits per heavy atom. The Hall–Kier alpha value is -0.970. The summed E-state index contributed by atoms with van der Waals surface area (Å²) in [5.41, 5.74) is 0.708. The van der Waals surface area contributed by atoms with Gasteiger partial charge in [0.05, 0.1) is 18.6 Å². The monoisotopic (exact) mass is 208 g/mol. The first-order chi connectivity index (χ1) is 6.47. The molecule has 2 nitrogen and oxygen atoms in total. The molecule has 0 aliphatic carbocycles. The summed E-state index contributed by atoms with van der Waals surface area (Å²) < 4.78 is 40.0. The molecule has 1 aromatic rings. The van der Waals surface area contributed by atoms with Crippen LogP contribution in [0.1, 0.15) is 18.4 Å². The molecule has 0 aliphatic rings. The third kappa shape index (κ3) is 4.32. The maximum atomic E-state index is 11.8. The molecule has 5 heteroatoms. The van der Waals surface area contributed by atoms with Crippen LogP contribution in [0.15, 0.2) is 23.0 Å². The van der Waals surface area contributed by atoms with Gasteiger partial charge in [0.2, 0.25) is 0 Å². The predicted molar refractivity (Wildman–Crippen MR) is 43.7 cm³/mol. The zero-order chi connectivity index (χ0) is 10.6. The first-order valence-electron chi connectivity index (χ1n) is 4.23. The first kappa shape index (κ1) is 11.1. The van der Waals surface area contributed by atoms with Crippen molar-refractivity contribution >= 4 is 0 Å². The van der Waals surface area contributed by atoms with E-state index in [9.17, 15) is 18.3 Å². The molecule has 0 saturated carbocycles. The van der Waals surface area contributed by atoms with E-state index in [0.717, 1.165) is 0 Å². The molecule has 1 unspecified atom stereocenters. The molecule has 1 aromatic heterocycles. The minimum absolute atomic E-state index is 0.201. The van der Waals surface area contributed by atoms with Crippen LogP contribution in [0, 0.1) is 0 Å². The summed E-state index contributed by atoms with van der Waals surface area (Å²) in [7, 11) is 0. The molecule has 1 heterocycles. The first-order valence-corrected chi connectivity index (χ1v) is 4.23. The van der Waals surface area contributed by atoms with E-state index in [1.165, 1.54) is 12.5 Å². The van der Waals surface area contributed by atoms with E-state index < -0.39 is 18.7 Å². The normalized spacial score (nSPS) is 14.3. The van der Waals surface area contributed by atoms with Crippen molar-refractivity contribution in [2.45, 2.75) is 31.5 Å². The number of hydrogen-bond acceptors (Lipinski definition) is 2. The Morgan fingerprint density at radius 3 is 2.64 bits per heavy atom. The van der Waals surface area contributed by atoms with Crippen molar-refractivity contribution in [2.75, 3.05) is 0 Å². The Kier molecular flexibility index (Phi) is 3.57. The van der Waals surface area contributed by atoms with Crippen molar-refractivity contribution in [3.63, 3.8) is 0 Å². The van der Waals surface area contributed by atoms with Gasteiger partial charge < -0.3 is 9.52 Å². The summed E-state index contributed by atoms with van der Waals surface area (Å²) in [5.74, 6) is 0. The maximum Gasteiger partial charge on any atom is 0.389 e. The lowest BCUT2D eigenvalue weighted by molar-refractivity contribution is -0.139. The molecule has 1 atom stereocenters. The minimum Gasteiger partial charge on any atom is -0.472 e. The van der Waals surface area contributed by atoms with Crippen molar-refractivity contribution in [2.24, 2.45) is 0 Å². The van der Waals surface area contributed by atoms with Gasteiger partial charge in [0.25, 0.3) is 0 Å². The number of aliphatic hydroxyl groups is 1. The lowest BCUT2D eigenvalue weighted by atomic mass is 10.1. The SMILES string of the molecule is OC(CCC(F)(F)F)Cc1ccoc1. The molecule has 0 radical (unpaired) electrons. The van der Waals surface area contributed by atoms with E-state index in [1.54, 1.807) is 6.07 Å². The van der Waals surface area contributed by atoms with Gasteiger partial charge in [-0.05, 0) is 18.1 Å². The van der Waals surface area contributed by atoms with Crippen LogP contribution < -0.4 is 0 Å². The molecule has 0 saturated heterocycles. The molecule has 1 rings (SSSR count). The van der Waals surface area contributed by atoms with E-state index >= 15 is 0 Å². The number of furan rings is 1. The van der Waals surface area contributed by atoms with E-state index in [-0.39, 0.29) is 12.8 Å². The largest absolute Gasteiger partial charge is 0.472 e. The van der Waals surface area contributed by atoms with Crippen molar-refractivity contribution in [3.8, 4) is 0 Å². The summed E-state index contributed by atoms with van der Waals surface area (Å²) in [6.07, 6.45) is -3.35. The van der Waals surface area contributed by atoms with E-state index in [1.807, 2.05) is 0 Å². The molecule has 0 aromatic carbocycles. The molecular formula is C9H11F3O2. The standard InChI is InChI=1S/C9H11F3O2/c10-9(11,12)3-1-8(13)5-7-2-4-14-6-7/h2,4,6,8,13H,1,3,5H2. The van der Waals surface area contributed by atoms with Crippen molar-refractivity contribution in [3.05, 3.63) is 24.2 Å². The number of aliphatic hydroxyl groups excluding tert-OH is 1. The second-order valence-corrected chi connectivity index (χ2v) is 3.14. The van der Waals surface area contributed by atoms with E-state index in [4.69, 9.17) is 4.42 Å². The Balaban J connectivity index is 2.26. The molecule has 80 valence electrons. The quantitative estimate of drug-likeness (QED) is 0.824. The van der Waals surface area contributed by atoms with Crippen LogP contribution in [-0.4, -0.2) is 17.4 Å².